The second-order valence-electron chi connectivity index (χ2n) is 6.02. The van der Waals surface area contributed by atoms with E-state index < -0.39 is 5.97 Å². The van der Waals surface area contributed by atoms with E-state index in [4.69, 9.17) is 5.11 Å². The summed E-state index contributed by atoms with van der Waals surface area (Å²) in [5.74, 6) is -1.17. The van der Waals surface area contributed by atoms with Crippen LogP contribution < -0.4 is 5.32 Å². The van der Waals surface area contributed by atoms with E-state index in [1.807, 2.05) is 43.5 Å². The Morgan fingerprint density at radius 3 is 2.69 bits per heavy atom. The van der Waals surface area contributed by atoms with Crippen LogP contribution in [0.15, 0.2) is 67.0 Å². The van der Waals surface area contributed by atoms with Crippen molar-refractivity contribution >= 4 is 11.9 Å². The maximum atomic E-state index is 12.3. The van der Waals surface area contributed by atoms with Crippen molar-refractivity contribution in [2.24, 2.45) is 0 Å². The molecule has 3 aromatic rings. The first-order valence-electron chi connectivity index (χ1n) is 8.24. The first-order chi connectivity index (χ1) is 12.5. The second kappa shape index (κ2) is 7.65. The molecule has 0 saturated carbocycles. The molecule has 0 spiro atoms. The van der Waals surface area contributed by atoms with Gasteiger partial charge in [-0.2, -0.15) is 5.10 Å². The zero-order valence-electron chi connectivity index (χ0n) is 14.3. The largest absolute Gasteiger partial charge is 0.478 e. The first-order valence-corrected chi connectivity index (χ1v) is 8.24. The molecule has 0 aliphatic rings. The summed E-state index contributed by atoms with van der Waals surface area (Å²) < 4.78 is 1.76. The number of carbonyl (C=O) groups excluding carboxylic acids is 1. The summed E-state index contributed by atoms with van der Waals surface area (Å²) >= 11 is 0. The molecule has 0 aliphatic carbocycles. The molecule has 1 atom stereocenters. The third-order valence-electron chi connectivity index (χ3n) is 4.06. The van der Waals surface area contributed by atoms with E-state index in [2.05, 4.69) is 10.4 Å². The smallest absolute Gasteiger partial charge is 0.335 e. The third-order valence-corrected chi connectivity index (χ3v) is 4.06. The highest BCUT2D eigenvalue weighted by Crippen LogP contribution is 2.17. The quantitative estimate of drug-likeness (QED) is 0.716. The lowest BCUT2D eigenvalue weighted by Crippen LogP contribution is -2.28. The minimum Gasteiger partial charge on any atom is -0.478 e. The van der Waals surface area contributed by atoms with Crippen LogP contribution in [0, 0.1) is 0 Å². The molecule has 0 saturated heterocycles. The lowest BCUT2D eigenvalue weighted by atomic mass is 10.1. The molecule has 1 aromatic heterocycles. The molecule has 6 nitrogen and oxygen atoms in total. The Labute approximate surface area is 151 Å². The van der Waals surface area contributed by atoms with Crippen LogP contribution >= 0.6 is 0 Å². The number of nitrogens with zero attached hydrogens (tertiary/aromatic N) is 2. The van der Waals surface area contributed by atoms with E-state index in [9.17, 15) is 9.59 Å². The number of carbonyl (C=O) groups is 2. The molecule has 26 heavy (non-hydrogen) atoms. The fourth-order valence-electron chi connectivity index (χ4n) is 2.73. The van der Waals surface area contributed by atoms with Crippen molar-refractivity contribution in [3.8, 4) is 5.69 Å². The van der Waals surface area contributed by atoms with Crippen molar-refractivity contribution in [3.05, 3.63) is 83.7 Å². The molecule has 1 amide bonds. The first kappa shape index (κ1) is 17.4. The Morgan fingerprint density at radius 1 is 1.15 bits per heavy atom. The van der Waals surface area contributed by atoms with E-state index in [1.54, 1.807) is 23.0 Å². The van der Waals surface area contributed by atoms with Crippen molar-refractivity contribution in [3.63, 3.8) is 0 Å². The summed E-state index contributed by atoms with van der Waals surface area (Å²) in [5, 5.41) is 16.2. The Morgan fingerprint density at radius 2 is 1.96 bits per heavy atom. The van der Waals surface area contributed by atoms with Crippen molar-refractivity contribution in [1.29, 1.82) is 0 Å². The van der Waals surface area contributed by atoms with Gasteiger partial charge in [0.15, 0.2) is 0 Å². The van der Waals surface area contributed by atoms with Crippen LogP contribution in [-0.2, 0) is 11.2 Å². The molecule has 0 bridgehead atoms. The summed E-state index contributed by atoms with van der Waals surface area (Å²) in [6.07, 6.45) is 3.70. The number of benzene rings is 2. The second-order valence-corrected chi connectivity index (χ2v) is 6.02. The zero-order chi connectivity index (χ0) is 18.5. The molecular formula is C20H19N3O3. The monoisotopic (exact) mass is 349 g/mol. The number of nitrogens with one attached hydrogen (secondary N) is 1. The summed E-state index contributed by atoms with van der Waals surface area (Å²) in [4.78, 5) is 23.3. The highest BCUT2D eigenvalue weighted by molar-refractivity contribution is 5.88. The van der Waals surface area contributed by atoms with E-state index in [0.29, 0.717) is 5.56 Å². The predicted molar refractivity (Wildman–Crippen MR) is 97.2 cm³/mol. The molecule has 2 N–H and O–H groups in total. The number of hydrogen-bond donors (Lipinski definition) is 2. The van der Waals surface area contributed by atoms with Gasteiger partial charge in [0, 0.05) is 12.4 Å². The fourth-order valence-corrected chi connectivity index (χ4v) is 2.73. The van der Waals surface area contributed by atoms with Crippen LogP contribution in [0.3, 0.4) is 0 Å². The number of aromatic carboxylic acids is 1. The normalized spacial score (nSPS) is 11.7. The molecule has 0 aliphatic heterocycles. The maximum Gasteiger partial charge on any atom is 0.335 e. The van der Waals surface area contributed by atoms with Crippen LogP contribution in [0.1, 0.15) is 34.5 Å². The van der Waals surface area contributed by atoms with Crippen molar-refractivity contribution in [2.75, 3.05) is 0 Å². The molecular weight excluding hydrogens is 330 g/mol. The number of amides is 1. The Kier molecular flexibility index (Phi) is 5.12. The molecule has 2 aromatic carbocycles. The molecule has 132 valence electrons. The van der Waals surface area contributed by atoms with Crippen LogP contribution in [0.25, 0.3) is 5.69 Å². The Hall–Kier alpha value is -3.41. The van der Waals surface area contributed by atoms with E-state index in [0.717, 1.165) is 11.3 Å². The van der Waals surface area contributed by atoms with E-state index in [-0.39, 0.29) is 23.9 Å². The van der Waals surface area contributed by atoms with Gasteiger partial charge in [0.05, 0.1) is 23.7 Å². The molecule has 0 fully saturated rings. The van der Waals surface area contributed by atoms with Gasteiger partial charge in [0.25, 0.3) is 0 Å². The lowest BCUT2D eigenvalue weighted by Gasteiger charge is -2.15. The fraction of sp³-hybridized carbons (Fsp3) is 0.150. The average molecular weight is 349 g/mol. The van der Waals surface area contributed by atoms with Gasteiger partial charge in [-0.05, 0) is 48.4 Å². The SMILES string of the molecule is CC(NC(=O)Cc1cccc(C(=O)O)c1)c1cccc(-n2cccn2)c1. The number of carboxylic acid groups (broad SMARTS) is 1. The minimum absolute atomic E-state index is 0.129. The van der Waals surface area contributed by atoms with Gasteiger partial charge in [-0.1, -0.05) is 24.3 Å². The van der Waals surface area contributed by atoms with Gasteiger partial charge in [-0.15, -0.1) is 0 Å². The van der Waals surface area contributed by atoms with Crippen LogP contribution in [-0.4, -0.2) is 26.8 Å². The third kappa shape index (κ3) is 4.16. The van der Waals surface area contributed by atoms with Crippen molar-refractivity contribution < 1.29 is 14.7 Å². The van der Waals surface area contributed by atoms with Crippen molar-refractivity contribution in [2.45, 2.75) is 19.4 Å². The predicted octanol–water partition coefficient (Wildman–Crippen LogP) is 2.99. The molecule has 3 rings (SSSR count). The highest BCUT2D eigenvalue weighted by atomic mass is 16.4. The van der Waals surface area contributed by atoms with Crippen LogP contribution in [0.5, 0.6) is 0 Å². The summed E-state index contributed by atoms with van der Waals surface area (Å²) in [7, 11) is 0. The van der Waals surface area contributed by atoms with Crippen LogP contribution in [0.2, 0.25) is 0 Å². The molecule has 0 radical (unpaired) electrons. The number of carboxylic acids is 1. The molecule has 1 unspecified atom stereocenters. The lowest BCUT2D eigenvalue weighted by molar-refractivity contribution is -0.121. The van der Waals surface area contributed by atoms with Gasteiger partial charge in [0.1, 0.15) is 0 Å². The summed E-state index contributed by atoms with van der Waals surface area (Å²) in [6, 6.07) is 15.9. The topological polar surface area (TPSA) is 84.2 Å². The van der Waals surface area contributed by atoms with Gasteiger partial charge < -0.3 is 10.4 Å². The Balaban J connectivity index is 1.67. The van der Waals surface area contributed by atoms with Gasteiger partial charge in [-0.3, -0.25) is 4.79 Å². The van der Waals surface area contributed by atoms with E-state index in [1.165, 1.54) is 12.1 Å². The van der Waals surface area contributed by atoms with Crippen LogP contribution in [0.4, 0.5) is 0 Å². The minimum atomic E-state index is -1.00. The maximum absolute atomic E-state index is 12.3. The number of aromatic nitrogens is 2. The Bertz CT molecular complexity index is 920. The van der Waals surface area contributed by atoms with Gasteiger partial charge in [0.2, 0.25) is 5.91 Å². The summed E-state index contributed by atoms with van der Waals surface area (Å²) in [6.45, 7) is 1.91. The van der Waals surface area contributed by atoms with E-state index >= 15 is 0 Å². The number of hydrogen-bond acceptors (Lipinski definition) is 3. The average Bonchev–Trinajstić information content (AvgIpc) is 3.16. The van der Waals surface area contributed by atoms with Gasteiger partial charge in [-0.25, -0.2) is 9.48 Å². The molecule has 6 heteroatoms. The standard InChI is InChI=1S/C20H19N3O3/c1-14(16-6-3-8-18(13-16)23-10-4-9-21-23)22-19(24)12-15-5-2-7-17(11-15)20(25)26/h2-11,13-14H,12H2,1H3,(H,22,24)(H,25,26). The zero-order valence-corrected chi connectivity index (χ0v) is 14.3. The number of rotatable bonds is 6. The highest BCUT2D eigenvalue weighted by Gasteiger charge is 2.12. The van der Waals surface area contributed by atoms with Crippen molar-refractivity contribution in [1.82, 2.24) is 15.1 Å². The molecule has 1 heterocycles. The van der Waals surface area contributed by atoms with Gasteiger partial charge >= 0.3 is 5.97 Å². The summed E-state index contributed by atoms with van der Waals surface area (Å²) in [5.41, 5.74) is 2.73.